The number of unbranched alkanes of at least 4 members (excludes halogenated alkanes) is 4. The number of hydrogen-bond acceptors (Lipinski definition) is 21. The summed E-state index contributed by atoms with van der Waals surface area (Å²) in [7, 11) is 5.62. The number of ketones is 2. The summed E-state index contributed by atoms with van der Waals surface area (Å²) >= 11 is 0. The molecule has 3 aromatic carbocycles. The van der Waals surface area contributed by atoms with E-state index in [9.17, 15) is 67.7 Å². The molecule has 8 N–H and O–H groups in total. The van der Waals surface area contributed by atoms with E-state index in [0.717, 1.165) is 20.8 Å². The summed E-state index contributed by atoms with van der Waals surface area (Å²) in [6.45, 7) is 11.6. The van der Waals surface area contributed by atoms with Gasteiger partial charge in [0.15, 0.2) is 41.2 Å². The molecule has 1 aliphatic carbocycles. The van der Waals surface area contributed by atoms with Crippen molar-refractivity contribution in [2.45, 2.75) is 148 Å². The smallest absolute Gasteiger partial charge is 0.416 e. The maximum atomic E-state index is 14.5. The second-order valence-corrected chi connectivity index (χ2v) is 28.1. The van der Waals surface area contributed by atoms with Crippen LogP contribution < -0.4 is 55.7 Å². The van der Waals surface area contributed by atoms with Crippen molar-refractivity contribution in [3.05, 3.63) is 124 Å². The van der Waals surface area contributed by atoms with Crippen molar-refractivity contribution in [3.63, 3.8) is 0 Å². The molecule has 0 saturated carbocycles. The van der Waals surface area contributed by atoms with Crippen molar-refractivity contribution in [2.24, 2.45) is 24.1 Å². The Balaban J connectivity index is 0.764. The predicted octanol–water partition coefficient (Wildman–Crippen LogP) is 6.04. The molecule has 11 amide bonds. The number of nitrogens with one attached hydrogen (secondary N) is 4. The first-order chi connectivity index (χ1) is 51.0. The van der Waals surface area contributed by atoms with Crippen LogP contribution in [0, 0.1) is 11.3 Å². The SMILES string of the molecule is C=C1C[C@H]2C(O)N(C(=O)OCc3ccc(NC(=O)[C@H](CCCNC(N)=O)NC(=O)[C@@H](NC(=O)CCCCCN4C(=O)C=CC4=O)C(C)C)cc3)c3cc(OCCCCCOc4cc5c(cc4OC)C(=O)N4CC(C)(C)C[C@H]4C(O)N5C(=O)OCc4cc5c(n4C)C(=O)C=C(OC)C5=O)c(OC)cc3C(=O)N2C1. The number of carbonyl (C=O) groups excluding carboxylic acids is 12. The molecule has 32 heteroatoms. The molecule has 6 atom stereocenters. The van der Waals surface area contributed by atoms with E-state index in [1.807, 2.05) is 13.8 Å². The first kappa shape index (κ1) is 78.3. The first-order valence-corrected chi connectivity index (χ1v) is 35.4. The lowest BCUT2D eigenvalue weighted by molar-refractivity contribution is -0.137. The van der Waals surface area contributed by atoms with E-state index in [0.29, 0.717) is 67.5 Å². The van der Waals surface area contributed by atoms with Crippen LogP contribution in [0.1, 0.15) is 151 Å². The fourth-order valence-corrected chi connectivity index (χ4v) is 14.0. The Bertz CT molecular complexity index is 4220. The number of ether oxygens (including phenoxy) is 7. The molecule has 2 unspecified atom stereocenters. The van der Waals surface area contributed by atoms with Gasteiger partial charge in [-0.2, -0.15) is 0 Å². The summed E-state index contributed by atoms with van der Waals surface area (Å²) < 4.78 is 42.3. The van der Waals surface area contributed by atoms with Gasteiger partial charge in [-0.05, 0) is 105 Å². The van der Waals surface area contributed by atoms with E-state index in [1.54, 1.807) is 45.2 Å². The van der Waals surface area contributed by atoms with Crippen LogP contribution in [-0.4, -0.2) is 198 Å². The Morgan fingerprint density at radius 3 is 1.86 bits per heavy atom. The van der Waals surface area contributed by atoms with Crippen molar-refractivity contribution in [1.82, 2.24) is 35.2 Å². The van der Waals surface area contributed by atoms with Crippen LogP contribution in [-0.2, 0) is 58.4 Å². The minimum Gasteiger partial charge on any atom is -0.493 e. The van der Waals surface area contributed by atoms with Gasteiger partial charge in [0.25, 0.3) is 23.6 Å². The van der Waals surface area contributed by atoms with Crippen LogP contribution >= 0.6 is 0 Å². The van der Waals surface area contributed by atoms with Crippen molar-refractivity contribution in [1.29, 1.82) is 0 Å². The highest BCUT2D eigenvalue weighted by Crippen LogP contribution is 2.46. The molecule has 107 heavy (non-hydrogen) atoms. The molecule has 10 rings (SSSR count). The van der Waals surface area contributed by atoms with Crippen molar-refractivity contribution < 1.29 is 101 Å². The number of aromatic nitrogens is 1. The number of anilines is 3. The van der Waals surface area contributed by atoms with Gasteiger partial charge in [-0.1, -0.05) is 58.4 Å². The lowest BCUT2D eigenvalue weighted by Gasteiger charge is -2.32. The summed E-state index contributed by atoms with van der Waals surface area (Å²) in [6.07, 6.45) is 1.98. The molecule has 2 fully saturated rings. The number of urea groups is 1. The zero-order valence-electron chi connectivity index (χ0n) is 61.0. The molecule has 0 bridgehead atoms. The molecule has 1 aromatic heterocycles. The normalized spacial score (nSPS) is 19.0. The number of methoxy groups -OCH3 is 3. The zero-order valence-corrected chi connectivity index (χ0v) is 61.0. The van der Waals surface area contributed by atoms with Gasteiger partial charge in [-0.25, -0.2) is 24.2 Å². The number of imide groups is 1. The Labute approximate surface area is 617 Å². The van der Waals surface area contributed by atoms with Crippen LogP contribution in [0.3, 0.4) is 0 Å². The number of benzene rings is 3. The number of aliphatic hydroxyl groups excluding tert-OH is 2. The van der Waals surface area contributed by atoms with Crippen LogP contribution in [0.15, 0.2) is 90.7 Å². The van der Waals surface area contributed by atoms with Gasteiger partial charge < -0.3 is 84.7 Å². The third kappa shape index (κ3) is 17.7. The molecule has 572 valence electrons. The highest BCUT2D eigenvalue weighted by Gasteiger charge is 2.51. The monoisotopic (exact) mass is 1480 g/mol. The van der Waals surface area contributed by atoms with Crippen molar-refractivity contribution >= 4 is 88.2 Å². The van der Waals surface area contributed by atoms with Crippen molar-refractivity contribution in [3.8, 4) is 23.0 Å². The van der Waals surface area contributed by atoms with Gasteiger partial charge in [0.1, 0.15) is 31.0 Å². The van der Waals surface area contributed by atoms with E-state index < -0.39 is 114 Å². The Morgan fingerprint density at radius 2 is 1.27 bits per heavy atom. The molecular weight excluding hydrogens is 1390 g/mol. The van der Waals surface area contributed by atoms with E-state index in [4.69, 9.17) is 38.9 Å². The summed E-state index contributed by atoms with van der Waals surface area (Å²) in [5.41, 5.74) is 6.71. The molecule has 0 radical (unpaired) electrons. The van der Waals surface area contributed by atoms with E-state index in [1.165, 1.54) is 78.2 Å². The number of carbonyl (C=O) groups is 12. The number of primary amides is 1. The molecule has 32 nitrogen and oxygen atoms in total. The Hall–Kier alpha value is -11.3. The van der Waals surface area contributed by atoms with Gasteiger partial charge >= 0.3 is 18.2 Å². The van der Waals surface area contributed by atoms with Gasteiger partial charge in [0.2, 0.25) is 29.3 Å². The zero-order chi connectivity index (χ0) is 77.3. The molecule has 2 saturated heterocycles. The number of nitrogens with zero attached hydrogens (tertiary/aromatic N) is 6. The number of Topliss-reactive ketones (excluding diaryl/α,β-unsaturated/α-hetero) is 1. The van der Waals surface area contributed by atoms with Crippen LogP contribution in [0.25, 0.3) is 0 Å². The molecule has 0 spiro atoms. The number of rotatable bonds is 31. The molecule has 6 aliphatic rings. The maximum absolute atomic E-state index is 14.5. The third-order valence-corrected chi connectivity index (χ3v) is 19.5. The number of allylic oxidation sites excluding steroid dienone is 2. The van der Waals surface area contributed by atoms with Crippen molar-refractivity contribution in [2.75, 3.05) is 75.8 Å². The lowest BCUT2D eigenvalue weighted by Crippen LogP contribution is -2.54. The van der Waals surface area contributed by atoms with E-state index >= 15 is 0 Å². The second kappa shape index (κ2) is 33.9. The minimum atomic E-state index is -1.62. The minimum absolute atomic E-state index is 0.00735. The molecule has 4 aromatic rings. The van der Waals surface area contributed by atoms with Crippen LogP contribution in [0.2, 0.25) is 0 Å². The topological polar surface area (TPSA) is 405 Å². The van der Waals surface area contributed by atoms with Gasteiger partial charge in [-0.3, -0.25) is 48.1 Å². The average molecular weight is 1480 g/mol. The van der Waals surface area contributed by atoms with E-state index in [-0.39, 0.29) is 146 Å². The van der Waals surface area contributed by atoms with Gasteiger partial charge in [0, 0.05) is 75.7 Å². The third-order valence-electron chi connectivity index (χ3n) is 19.5. The lowest BCUT2D eigenvalue weighted by atomic mass is 9.90. The molecule has 5 aliphatic heterocycles. The quantitative estimate of drug-likeness (QED) is 0.0171. The van der Waals surface area contributed by atoms with Crippen LogP contribution in [0.4, 0.5) is 31.4 Å². The first-order valence-electron chi connectivity index (χ1n) is 35.4. The van der Waals surface area contributed by atoms with Crippen LogP contribution in [0.5, 0.6) is 23.0 Å². The number of fused-ring (bicyclic) bond motifs is 5. The summed E-state index contributed by atoms with van der Waals surface area (Å²) in [5.74, 6) is -4.31. The van der Waals surface area contributed by atoms with Gasteiger partial charge in [-0.15, -0.1) is 0 Å². The molecule has 6 heterocycles. The highest BCUT2D eigenvalue weighted by molar-refractivity contribution is 6.23. The largest absolute Gasteiger partial charge is 0.493 e. The average Bonchev–Trinajstić information content (AvgIpc) is 1.61. The van der Waals surface area contributed by atoms with E-state index in [2.05, 4.69) is 27.8 Å². The predicted molar refractivity (Wildman–Crippen MR) is 384 cm³/mol. The Kier molecular flexibility index (Phi) is 24.8. The second-order valence-electron chi connectivity index (χ2n) is 28.1. The maximum Gasteiger partial charge on any atom is 0.416 e. The Morgan fingerprint density at radius 1 is 0.682 bits per heavy atom. The fraction of sp³-hybridized carbons (Fsp3) is 0.467. The summed E-state index contributed by atoms with van der Waals surface area (Å²) in [4.78, 5) is 166. The number of nitrogens with two attached hydrogens (primary N) is 1. The fourth-order valence-electron chi connectivity index (χ4n) is 14.0. The standard InChI is InChI=1S/C75H91N11O21/c1-41(2)63(80-60(88)18-12-10-13-26-82-61(89)23-24-62(82)90)67(93)79-49(17-16-25-77-72(76)98)66(92)78-44-21-19-43(20-22-44)38-106-73(99)85-50-33-57(55(101-7)31-46(50)68(94)83-37-42(3)29-52(83)70(85)96)104-27-14-11-15-28-105-58-34-51-47(32-56(58)102-8)69(95)84-40-75(4,5)36-53(84)71(97)86(51)74(100)107-39-45-30-48-64(81(45)6)54(87)35-59(103-9)65(48)91/h19-24,30-35,41,49,52-53,63,70-71,96-97H,3,10-18,25-29,36-40H2,1-2,4-9H3,(H,78,92)(H,79,93)(H,80,88)(H3,76,77,98)/t49-,52-,53-,63-,70?,71?/m0/s1. The van der Waals surface area contributed by atoms with Gasteiger partial charge in [0.05, 0.1) is 80.4 Å². The highest BCUT2D eigenvalue weighted by atomic mass is 16.6. The summed E-state index contributed by atoms with van der Waals surface area (Å²) in [5, 5.41) is 35.0. The summed E-state index contributed by atoms with van der Waals surface area (Å²) in [6, 6.07) is 8.73. The number of aliphatic hydroxyl groups is 2. The number of hydrogen-bond donors (Lipinski definition) is 7. The number of amides is 11. The molecular formula is C75H91N11O21.